The van der Waals surface area contributed by atoms with E-state index in [1.165, 1.54) is 10.4 Å². The number of hydrogen-bond donors (Lipinski definition) is 1. The summed E-state index contributed by atoms with van der Waals surface area (Å²) in [6.07, 6.45) is 0.976. The number of anilines is 1. The second-order valence-corrected chi connectivity index (χ2v) is 5.44. The Labute approximate surface area is 145 Å². The fourth-order valence-electron chi connectivity index (χ4n) is 2.38. The molecule has 2 aromatic carbocycles. The number of rotatable bonds is 6. The first-order valence-electron chi connectivity index (χ1n) is 7.99. The standard InChI is InChI=1S/C18H19N5O2/c1-3-13-8-10-14(11-9-13)18-20-22-23(21-18)12-17(24)19-15-6-4-5-7-16(15)25-2/h4-11H,3,12H2,1-2H3,(H,19,24). The van der Waals surface area contributed by atoms with Crippen LogP contribution in [-0.2, 0) is 17.8 Å². The minimum absolute atomic E-state index is 0.0297. The minimum Gasteiger partial charge on any atom is -0.495 e. The fourth-order valence-corrected chi connectivity index (χ4v) is 2.38. The zero-order valence-electron chi connectivity index (χ0n) is 14.1. The maximum Gasteiger partial charge on any atom is 0.248 e. The molecule has 128 valence electrons. The number of carbonyl (C=O) groups excluding carboxylic acids is 1. The molecule has 3 rings (SSSR count). The lowest BCUT2D eigenvalue weighted by molar-refractivity contribution is -0.117. The lowest BCUT2D eigenvalue weighted by atomic mass is 10.1. The number of para-hydroxylation sites is 2. The molecule has 0 aliphatic rings. The molecule has 1 amide bonds. The van der Waals surface area contributed by atoms with Crippen LogP contribution in [-0.4, -0.2) is 33.2 Å². The van der Waals surface area contributed by atoms with E-state index in [2.05, 4.69) is 27.7 Å². The van der Waals surface area contributed by atoms with Crippen molar-refractivity contribution >= 4 is 11.6 Å². The first-order valence-corrected chi connectivity index (χ1v) is 7.99. The first-order chi connectivity index (χ1) is 12.2. The van der Waals surface area contributed by atoms with Gasteiger partial charge in [0.2, 0.25) is 11.7 Å². The van der Waals surface area contributed by atoms with Crippen molar-refractivity contribution in [2.24, 2.45) is 0 Å². The molecule has 7 heteroatoms. The van der Waals surface area contributed by atoms with Gasteiger partial charge in [0.25, 0.3) is 0 Å². The molecule has 7 nitrogen and oxygen atoms in total. The van der Waals surface area contributed by atoms with Gasteiger partial charge in [0.1, 0.15) is 12.3 Å². The van der Waals surface area contributed by atoms with E-state index in [1.807, 2.05) is 36.4 Å². The number of benzene rings is 2. The van der Waals surface area contributed by atoms with Crippen molar-refractivity contribution < 1.29 is 9.53 Å². The zero-order valence-corrected chi connectivity index (χ0v) is 14.1. The van der Waals surface area contributed by atoms with Gasteiger partial charge in [-0.25, -0.2) is 0 Å². The molecule has 1 N–H and O–H groups in total. The van der Waals surface area contributed by atoms with Crippen LogP contribution in [0.25, 0.3) is 11.4 Å². The molecule has 25 heavy (non-hydrogen) atoms. The maximum atomic E-state index is 12.2. The third-order valence-electron chi connectivity index (χ3n) is 3.74. The lowest BCUT2D eigenvalue weighted by Crippen LogP contribution is -2.20. The molecular weight excluding hydrogens is 318 g/mol. The summed E-state index contributed by atoms with van der Waals surface area (Å²) < 4.78 is 5.21. The number of carbonyl (C=O) groups is 1. The molecule has 0 atom stereocenters. The molecule has 0 unspecified atom stereocenters. The fraction of sp³-hybridized carbons (Fsp3) is 0.222. The number of aryl methyl sites for hydroxylation is 1. The molecule has 1 heterocycles. The average Bonchev–Trinajstić information content (AvgIpc) is 3.10. The highest BCUT2D eigenvalue weighted by atomic mass is 16.5. The Hall–Kier alpha value is -3.22. The monoisotopic (exact) mass is 337 g/mol. The van der Waals surface area contributed by atoms with Gasteiger partial charge in [0.15, 0.2) is 0 Å². The van der Waals surface area contributed by atoms with E-state index in [-0.39, 0.29) is 12.5 Å². The van der Waals surface area contributed by atoms with Gasteiger partial charge >= 0.3 is 0 Å². The SMILES string of the molecule is CCc1ccc(-c2nnn(CC(=O)Nc3ccccc3OC)n2)cc1. The Morgan fingerprint density at radius 3 is 2.64 bits per heavy atom. The minimum atomic E-state index is -0.255. The van der Waals surface area contributed by atoms with E-state index < -0.39 is 0 Å². The van der Waals surface area contributed by atoms with E-state index in [9.17, 15) is 4.79 Å². The topological polar surface area (TPSA) is 81.9 Å². The van der Waals surface area contributed by atoms with Gasteiger partial charge in [-0.05, 0) is 29.3 Å². The Balaban J connectivity index is 1.67. The Kier molecular flexibility index (Phi) is 5.03. The van der Waals surface area contributed by atoms with Crippen molar-refractivity contribution in [3.8, 4) is 17.1 Å². The normalized spacial score (nSPS) is 10.5. The van der Waals surface area contributed by atoms with Crippen LogP contribution in [0.5, 0.6) is 5.75 Å². The highest BCUT2D eigenvalue weighted by Gasteiger charge is 2.11. The van der Waals surface area contributed by atoms with E-state index >= 15 is 0 Å². The van der Waals surface area contributed by atoms with Gasteiger partial charge in [-0.3, -0.25) is 4.79 Å². The van der Waals surface area contributed by atoms with Crippen LogP contribution in [0.15, 0.2) is 48.5 Å². The van der Waals surface area contributed by atoms with Crippen LogP contribution < -0.4 is 10.1 Å². The van der Waals surface area contributed by atoms with Crippen molar-refractivity contribution in [2.45, 2.75) is 19.9 Å². The molecule has 1 aromatic heterocycles. The van der Waals surface area contributed by atoms with E-state index in [0.29, 0.717) is 17.3 Å². The first kappa shape index (κ1) is 16.6. The Morgan fingerprint density at radius 1 is 1.16 bits per heavy atom. The zero-order chi connectivity index (χ0) is 17.6. The third-order valence-corrected chi connectivity index (χ3v) is 3.74. The quantitative estimate of drug-likeness (QED) is 0.747. The number of ether oxygens (including phenoxy) is 1. The van der Waals surface area contributed by atoms with Crippen LogP contribution in [0.3, 0.4) is 0 Å². The number of amides is 1. The molecule has 0 spiro atoms. The number of methoxy groups -OCH3 is 1. The van der Waals surface area contributed by atoms with Crippen molar-refractivity contribution in [3.05, 3.63) is 54.1 Å². The lowest BCUT2D eigenvalue weighted by Gasteiger charge is -2.09. The number of tetrazole rings is 1. The van der Waals surface area contributed by atoms with E-state index in [0.717, 1.165) is 12.0 Å². The summed E-state index contributed by atoms with van der Waals surface area (Å²) in [5, 5.41) is 15.0. The highest BCUT2D eigenvalue weighted by molar-refractivity contribution is 5.91. The molecule has 0 radical (unpaired) electrons. The summed E-state index contributed by atoms with van der Waals surface area (Å²) in [5.74, 6) is 0.835. The molecule has 0 bridgehead atoms. The number of nitrogens with one attached hydrogen (secondary N) is 1. The summed E-state index contributed by atoms with van der Waals surface area (Å²) in [7, 11) is 1.56. The van der Waals surface area contributed by atoms with Crippen LogP contribution in [0.1, 0.15) is 12.5 Å². The smallest absolute Gasteiger partial charge is 0.248 e. The van der Waals surface area contributed by atoms with Gasteiger partial charge in [-0.15, -0.1) is 10.2 Å². The van der Waals surface area contributed by atoms with Crippen molar-refractivity contribution in [1.29, 1.82) is 0 Å². The molecule has 0 saturated heterocycles. The summed E-state index contributed by atoms with van der Waals surface area (Å²) in [5.41, 5.74) is 2.71. The van der Waals surface area contributed by atoms with Crippen molar-refractivity contribution in [1.82, 2.24) is 20.2 Å². The van der Waals surface area contributed by atoms with Gasteiger partial charge in [0.05, 0.1) is 12.8 Å². The highest BCUT2D eigenvalue weighted by Crippen LogP contribution is 2.22. The maximum absolute atomic E-state index is 12.2. The summed E-state index contributed by atoms with van der Waals surface area (Å²) >= 11 is 0. The van der Waals surface area contributed by atoms with Gasteiger partial charge in [0, 0.05) is 5.56 Å². The Bertz CT molecular complexity index is 858. The third kappa shape index (κ3) is 4.00. The number of nitrogens with zero attached hydrogens (tertiary/aromatic N) is 4. The molecule has 0 aliphatic carbocycles. The van der Waals surface area contributed by atoms with Gasteiger partial charge in [-0.1, -0.05) is 43.3 Å². The van der Waals surface area contributed by atoms with Gasteiger partial charge in [-0.2, -0.15) is 4.80 Å². The largest absolute Gasteiger partial charge is 0.495 e. The molecule has 0 fully saturated rings. The summed E-state index contributed by atoms with van der Waals surface area (Å²) in [6, 6.07) is 15.2. The van der Waals surface area contributed by atoms with E-state index in [4.69, 9.17) is 4.74 Å². The van der Waals surface area contributed by atoms with Crippen LogP contribution in [0, 0.1) is 0 Å². The molecule has 0 saturated carbocycles. The van der Waals surface area contributed by atoms with Crippen molar-refractivity contribution in [3.63, 3.8) is 0 Å². The predicted octanol–water partition coefficient (Wildman–Crippen LogP) is 2.55. The number of aromatic nitrogens is 4. The van der Waals surface area contributed by atoms with Gasteiger partial charge < -0.3 is 10.1 Å². The van der Waals surface area contributed by atoms with Crippen LogP contribution in [0.2, 0.25) is 0 Å². The summed E-state index contributed by atoms with van der Waals surface area (Å²) in [6.45, 7) is 2.07. The van der Waals surface area contributed by atoms with E-state index in [1.54, 1.807) is 19.2 Å². The number of hydrogen-bond acceptors (Lipinski definition) is 5. The average molecular weight is 337 g/mol. The second kappa shape index (κ2) is 7.57. The predicted molar refractivity (Wildman–Crippen MR) is 94.3 cm³/mol. The second-order valence-electron chi connectivity index (χ2n) is 5.44. The molecular formula is C18H19N5O2. The molecule has 3 aromatic rings. The van der Waals surface area contributed by atoms with Crippen LogP contribution in [0.4, 0.5) is 5.69 Å². The molecule has 0 aliphatic heterocycles. The van der Waals surface area contributed by atoms with Crippen LogP contribution >= 0.6 is 0 Å². The Morgan fingerprint density at radius 2 is 1.92 bits per heavy atom. The van der Waals surface area contributed by atoms with Crippen molar-refractivity contribution in [2.75, 3.05) is 12.4 Å². The summed E-state index contributed by atoms with van der Waals surface area (Å²) in [4.78, 5) is 13.5.